The molecule has 0 fully saturated rings. The van der Waals surface area contributed by atoms with Gasteiger partial charge in [0.2, 0.25) is 0 Å². The van der Waals surface area contributed by atoms with E-state index in [0.29, 0.717) is 10.0 Å². The van der Waals surface area contributed by atoms with Crippen molar-refractivity contribution in [3.8, 4) is 11.3 Å². The number of hydrogen-bond donors (Lipinski definition) is 1. The minimum atomic E-state index is 0.600. The number of halogens is 2. The van der Waals surface area contributed by atoms with Gasteiger partial charge in [0.25, 0.3) is 0 Å². The zero-order chi connectivity index (χ0) is 16.6. The molecule has 0 spiro atoms. The van der Waals surface area contributed by atoms with E-state index in [2.05, 4.69) is 44.3 Å². The Labute approximate surface area is 150 Å². The van der Waals surface area contributed by atoms with Crippen molar-refractivity contribution in [3.05, 3.63) is 62.4 Å². The molecular formula is C18H16Cl2N2S. The minimum Gasteiger partial charge on any atom is -0.331 e. The van der Waals surface area contributed by atoms with Gasteiger partial charge in [-0.3, -0.25) is 0 Å². The molecule has 0 saturated carbocycles. The second-order valence-corrected chi connectivity index (χ2v) is 7.58. The summed E-state index contributed by atoms with van der Waals surface area (Å²) in [7, 11) is 0. The predicted octanol–water partition coefficient (Wildman–Crippen LogP) is 6.79. The van der Waals surface area contributed by atoms with Crippen LogP contribution in [0.4, 0.5) is 10.8 Å². The fraction of sp³-hybridized carbons (Fsp3) is 0.167. The monoisotopic (exact) mass is 362 g/mol. The predicted molar refractivity (Wildman–Crippen MR) is 102 cm³/mol. The van der Waals surface area contributed by atoms with Crippen molar-refractivity contribution in [1.29, 1.82) is 0 Å². The molecule has 0 unspecified atom stereocenters. The lowest BCUT2D eigenvalue weighted by atomic mass is 10.0. The average Bonchev–Trinajstić information content (AvgIpc) is 2.81. The van der Waals surface area contributed by atoms with E-state index in [1.165, 1.54) is 16.0 Å². The maximum absolute atomic E-state index is 6.04. The van der Waals surface area contributed by atoms with Crippen LogP contribution in [-0.2, 0) is 0 Å². The molecule has 0 amide bonds. The molecule has 0 aliphatic carbocycles. The number of hydrogen-bond acceptors (Lipinski definition) is 3. The van der Waals surface area contributed by atoms with Gasteiger partial charge in [0.1, 0.15) is 0 Å². The number of rotatable bonds is 3. The summed E-state index contributed by atoms with van der Waals surface area (Å²) in [5.74, 6) is 0. The van der Waals surface area contributed by atoms with Gasteiger partial charge in [0.15, 0.2) is 5.13 Å². The van der Waals surface area contributed by atoms with Crippen LogP contribution in [0.25, 0.3) is 11.3 Å². The smallest absolute Gasteiger partial charge is 0.187 e. The van der Waals surface area contributed by atoms with Gasteiger partial charge in [-0.2, -0.15) is 0 Å². The highest BCUT2D eigenvalue weighted by Crippen LogP contribution is 2.33. The van der Waals surface area contributed by atoms with E-state index >= 15 is 0 Å². The zero-order valence-electron chi connectivity index (χ0n) is 13.1. The van der Waals surface area contributed by atoms with Crippen molar-refractivity contribution in [2.75, 3.05) is 5.32 Å². The highest BCUT2D eigenvalue weighted by Gasteiger charge is 2.11. The van der Waals surface area contributed by atoms with Gasteiger partial charge in [-0.15, -0.1) is 11.3 Å². The van der Waals surface area contributed by atoms with E-state index in [1.807, 2.05) is 12.1 Å². The molecule has 0 aliphatic rings. The second-order valence-electron chi connectivity index (χ2n) is 5.51. The molecule has 118 valence electrons. The first-order valence-electron chi connectivity index (χ1n) is 7.20. The number of nitrogens with one attached hydrogen (secondary N) is 1. The Balaban J connectivity index is 1.92. The van der Waals surface area contributed by atoms with Crippen molar-refractivity contribution >= 4 is 45.4 Å². The van der Waals surface area contributed by atoms with E-state index in [9.17, 15) is 0 Å². The molecular weight excluding hydrogens is 347 g/mol. The molecule has 1 N–H and O–H groups in total. The molecule has 0 aliphatic heterocycles. The zero-order valence-corrected chi connectivity index (χ0v) is 15.4. The third-order valence-electron chi connectivity index (χ3n) is 3.69. The van der Waals surface area contributed by atoms with Crippen LogP contribution < -0.4 is 5.32 Å². The average molecular weight is 363 g/mol. The van der Waals surface area contributed by atoms with Crippen LogP contribution in [0.15, 0.2) is 36.4 Å². The van der Waals surface area contributed by atoms with Crippen LogP contribution in [0, 0.1) is 20.8 Å². The van der Waals surface area contributed by atoms with Crippen LogP contribution in [-0.4, -0.2) is 4.98 Å². The van der Waals surface area contributed by atoms with Crippen molar-refractivity contribution in [2.24, 2.45) is 0 Å². The van der Waals surface area contributed by atoms with Crippen molar-refractivity contribution < 1.29 is 0 Å². The summed E-state index contributed by atoms with van der Waals surface area (Å²) in [6.45, 7) is 6.31. The standard InChI is InChI=1S/C18H16Cl2N2S/c1-10-4-5-13(6-11(10)2)17-12(3)23-18(22-17)21-16-8-14(19)7-15(20)9-16/h4-9H,1-3H3,(H,21,22). The molecule has 1 aromatic heterocycles. The second kappa shape index (κ2) is 6.52. The number of benzene rings is 2. The Morgan fingerprint density at radius 2 is 1.61 bits per heavy atom. The molecule has 23 heavy (non-hydrogen) atoms. The van der Waals surface area contributed by atoms with Gasteiger partial charge in [-0.05, 0) is 56.2 Å². The van der Waals surface area contributed by atoms with E-state index in [0.717, 1.165) is 22.1 Å². The molecule has 2 aromatic carbocycles. The van der Waals surface area contributed by atoms with E-state index in [1.54, 1.807) is 17.4 Å². The van der Waals surface area contributed by atoms with Crippen molar-refractivity contribution in [2.45, 2.75) is 20.8 Å². The molecule has 1 heterocycles. The SMILES string of the molecule is Cc1ccc(-c2nc(Nc3cc(Cl)cc(Cl)c3)sc2C)cc1C. The van der Waals surface area contributed by atoms with E-state index < -0.39 is 0 Å². The fourth-order valence-corrected chi connectivity index (χ4v) is 3.74. The first-order chi connectivity index (χ1) is 10.9. The quantitative estimate of drug-likeness (QED) is 0.554. The molecule has 0 atom stereocenters. The van der Waals surface area contributed by atoms with Gasteiger partial charge in [0, 0.05) is 26.2 Å². The third-order valence-corrected chi connectivity index (χ3v) is 5.01. The molecule has 0 bridgehead atoms. The summed E-state index contributed by atoms with van der Waals surface area (Å²) in [4.78, 5) is 5.90. The summed E-state index contributed by atoms with van der Waals surface area (Å²) in [5.41, 5.74) is 5.54. The van der Waals surface area contributed by atoms with E-state index in [4.69, 9.17) is 28.2 Å². The number of anilines is 2. The van der Waals surface area contributed by atoms with Crippen molar-refractivity contribution in [1.82, 2.24) is 4.98 Å². The number of aromatic nitrogens is 1. The number of aryl methyl sites for hydroxylation is 3. The van der Waals surface area contributed by atoms with Gasteiger partial charge < -0.3 is 5.32 Å². The van der Waals surface area contributed by atoms with Gasteiger partial charge in [-0.1, -0.05) is 35.3 Å². The maximum Gasteiger partial charge on any atom is 0.187 e. The Hall–Kier alpha value is -1.55. The van der Waals surface area contributed by atoms with Crippen molar-refractivity contribution in [3.63, 3.8) is 0 Å². The van der Waals surface area contributed by atoms with Crippen LogP contribution in [0.3, 0.4) is 0 Å². The minimum absolute atomic E-state index is 0.600. The Morgan fingerprint density at radius 1 is 0.913 bits per heavy atom. The summed E-state index contributed by atoms with van der Waals surface area (Å²) >= 11 is 13.7. The lowest BCUT2D eigenvalue weighted by Gasteiger charge is -2.04. The van der Waals surface area contributed by atoms with Gasteiger partial charge >= 0.3 is 0 Å². The Kier molecular flexibility index (Phi) is 4.62. The molecule has 3 rings (SSSR count). The first kappa shape index (κ1) is 16.3. The normalized spacial score (nSPS) is 10.8. The first-order valence-corrected chi connectivity index (χ1v) is 8.78. The third kappa shape index (κ3) is 3.69. The number of thiazole rings is 1. The van der Waals surface area contributed by atoms with Crippen LogP contribution >= 0.6 is 34.5 Å². The topological polar surface area (TPSA) is 24.9 Å². The Morgan fingerprint density at radius 3 is 2.26 bits per heavy atom. The molecule has 5 heteroatoms. The summed E-state index contributed by atoms with van der Waals surface area (Å²) in [6.07, 6.45) is 0. The van der Waals surface area contributed by atoms with Crippen LogP contribution in [0.5, 0.6) is 0 Å². The van der Waals surface area contributed by atoms with Gasteiger partial charge in [0.05, 0.1) is 5.69 Å². The molecule has 0 radical (unpaired) electrons. The highest BCUT2D eigenvalue weighted by molar-refractivity contribution is 7.16. The van der Waals surface area contributed by atoms with Gasteiger partial charge in [-0.25, -0.2) is 4.98 Å². The molecule has 2 nitrogen and oxygen atoms in total. The summed E-state index contributed by atoms with van der Waals surface area (Å²) in [6, 6.07) is 11.8. The number of nitrogens with zero attached hydrogens (tertiary/aromatic N) is 1. The van der Waals surface area contributed by atoms with Crippen LogP contribution in [0.2, 0.25) is 10.0 Å². The molecule has 0 saturated heterocycles. The molecule has 3 aromatic rings. The fourth-order valence-electron chi connectivity index (χ4n) is 2.36. The van der Waals surface area contributed by atoms with E-state index in [-0.39, 0.29) is 0 Å². The van der Waals surface area contributed by atoms with Crippen LogP contribution in [0.1, 0.15) is 16.0 Å². The Bertz CT molecular complexity index is 851. The largest absolute Gasteiger partial charge is 0.331 e. The highest BCUT2D eigenvalue weighted by atomic mass is 35.5. The summed E-state index contributed by atoms with van der Waals surface area (Å²) in [5, 5.41) is 5.31. The summed E-state index contributed by atoms with van der Waals surface area (Å²) < 4.78 is 0. The maximum atomic E-state index is 6.04. The lowest BCUT2D eigenvalue weighted by Crippen LogP contribution is -1.90. The lowest BCUT2D eigenvalue weighted by molar-refractivity contribution is 1.31.